The Hall–Kier alpha value is -2.40. The Labute approximate surface area is 133 Å². The number of carbonyl (C=O) groups is 1. The molecule has 3 rings (SSSR count). The summed E-state index contributed by atoms with van der Waals surface area (Å²) in [4.78, 5) is 18.3. The van der Waals surface area contributed by atoms with E-state index in [1.54, 1.807) is 23.9 Å². The summed E-state index contributed by atoms with van der Waals surface area (Å²) in [5.41, 5.74) is 3.04. The van der Waals surface area contributed by atoms with E-state index >= 15 is 0 Å². The Balaban J connectivity index is 1.73. The molecule has 0 unspecified atom stereocenters. The van der Waals surface area contributed by atoms with E-state index in [2.05, 4.69) is 24.1 Å². The molecular weight excluding hydrogens is 294 g/mol. The monoisotopic (exact) mass is 311 g/mol. The van der Waals surface area contributed by atoms with Gasteiger partial charge in [-0.1, -0.05) is 6.92 Å². The Morgan fingerprint density at radius 2 is 2.09 bits per heavy atom. The molecule has 4 nitrogen and oxygen atoms in total. The molecule has 22 heavy (non-hydrogen) atoms. The van der Waals surface area contributed by atoms with Gasteiger partial charge in [-0.15, -0.1) is 11.3 Å². The van der Waals surface area contributed by atoms with E-state index in [4.69, 9.17) is 0 Å². The third kappa shape index (κ3) is 2.94. The van der Waals surface area contributed by atoms with Crippen LogP contribution in [0.5, 0.6) is 0 Å². The number of anilines is 1. The molecule has 0 aliphatic rings. The van der Waals surface area contributed by atoms with Crippen molar-refractivity contribution in [2.24, 2.45) is 0 Å². The van der Waals surface area contributed by atoms with Crippen LogP contribution in [-0.4, -0.2) is 15.5 Å². The van der Waals surface area contributed by atoms with Gasteiger partial charge >= 0.3 is 0 Å². The van der Waals surface area contributed by atoms with Gasteiger partial charge < -0.3 is 9.88 Å². The first kappa shape index (κ1) is 14.5. The quantitative estimate of drug-likeness (QED) is 0.790. The van der Waals surface area contributed by atoms with Crippen LogP contribution in [0.3, 0.4) is 0 Å². The Morgan fingerprint density at radius 3 is 2.68 bits per heavy atom. The molecule has 0 atom stereocenters. The molecule has 0 saturated carbocycles. The number of amides is 1. The summed E-state index contributed by atoms with van der Waals surface area (Å²) in [6.45, 7) is 4.16. The van der Waals surface area contributed by atoms with Crippen LogP contribution in [0.2, 0.25) is 0 Å². The number of aromatic nitrogens is 2. The average molecular weight is 311 g/mol. The SMILES string of the molecule is CCc1cc(C(=O)Nc2ccc(-n3ccnc3)cc2)sc1C. The van der Waals surface area contributed by atoms with Crippen LogP contribution in [0, 0.1) is 6.92 Å². The zero-order valence-electron chi connectivity index (χ0n) is 12.5. The molecule has 3 aromatic rings. The highest BCUT2D eigenvalue weighted by Gasteiger charge is 2.11. The number of aryl methyl sites for hydroxylation is 2. The fourth-order valence-corrected chi connectivity index (χ4v) is 3.31. The zero-order chi connectivity index (χ0) is 15.5. The van der Waals surface area contributed by atoms with Gasteiger partial charge in [0.2, 0.25) is 0 Å². The van der Waals surface area contributed by atoms with Gasteiger partial charge in [0.15, 0.2) is 0 Å². The minimum Gasteiger partial charge on any atom is -0.321 e. The number of thiophene rings is 1. The van der Waals surface area contributed by atoms with Gasteiger partial charge in [0.1, 0.15) is 0 Å². The van der Waals surface area contributed by atoms with E-state index in [1.807, 2.05) is 41.1 Å². The minimum absolute atomic E-state index is 0.0526. The Kier molecular flexibility index (Phi) is 4.06. The first-order valence-electron chi connectivity index (χ1n) is 7.16. The number of imidazole rings is 1. The van der Waals surface area contributed by atoms with Gasteiger partial charge in [0.25, 0.3) is 5.91 Å². The second-order valence-corrected chi connectivity index (χ2v) is 6.27. The average Bonchev–Trinajstić information content (AvgIpc) is 3.17. The first-order valence-corrected chi connectivity index (χ1v) is 7.98. The Morgan fingerprint density at radius 1 is 1.32 bits per heavy atom. The lowest BCUT2D eigenvalue weighted by atomic mass is 10.2. The van der Waals surface area contributed by atoms with E-state index in [1.165, 1.54) is 10.4 Å². The van der Waals surface area contributed by atoms with Gasteiger partial charge in [-0.05, 0) is 49.2 Å². The number of nitrogens with one attached hydrogen (secondary N) is 1. The van der Waals surface area contributed by atoms with Gasteiger partial charge in [0.05, 0.1) is 11.2 Å². The molecule has 0 saturated heterocycles. The largest absolute Gasteiger partial charge is 0.321 e. The van der Waals surface area contributed by atoms with Crippen LogP contribution in [0.1, 0.15) is 27.0 Å². The standard InChI is InChI=1S/C17H17N3OS/c1-3-13-10-16(22-12(13)2)17(21)19-14-4-6-15(7-5-14)20-9-8-18-11-20/h4-11H,3H2,1-2H3,(H,19,21). The molecule has 0 bridgehead atoms. The molecule has 1 amide bonds. The van der Waals surface area contributed by atoms with Crippen molar-refractivity contribution in [3.63, 3.8) is 0 Å². The summed E-state index contributed by atoms with van der Waals surface area (Å²) in [5.74, 6) is -0.0526. The fourth-order valence-electron chi connectivity index (χ4n) is 2.30. The van der Waals surface area contributed by atoms with Crippen LogP contribution < -0.4 is 5.32 Å². The maximum atomic E-state index is 12.3. The molecule has 2 heterocycles. The van der Waals surface area contributed by atoms with Crippen LogP contribution in [-0.2, 0) is 6.42 Å². The summed E-state index contributed by atoms with van der Waals surface area (Å²) in [7, 11) is 0. The van der Waals surface area contributed by atoms with Crippen molar-refractivity contribution in [1.29, 1.82) is 0 Å². The van der Waals surface area contributed by atoms with Crippen LogP contribution in [0.4, 0.5) is 5.69 Å². The summed E-state index contributed by atoms with van der Waals surface area (Å²) < 4.78 is 1.92. The molecule has 112 valence electrons. The van der Waals surface area contributed by atoms with Crippen molar-refractivity contribution >= 4 is 22.9 Å². The van der Waals surface area contributed by atoms with Gasteiger partial charge in [-0.2, -0.15) is 0 Å². The lowest BCUT2D eigenvalue weighted by Crippen LogP contribution is -2.10. The van der Waals surface area contributed by atoms with E-state index in [0.29, 0.717) is 0 Å². The smallest absolute Gasteiger partial charge is 0.265 e. The third-order valence-corrected chi connectivity index (χ3v) is 4.64. The molecule has 0 aliphatic heterocycles. The molecule has 0 aliphatic carbocycles. The minimum atomic E-state index is -0.0526. The molecule has 2 aromatic heterocycles. The van der Waals surface area contributed by atoms with Gasteiger partial charge in [-0.25, -0.2) is 4.98 Å². The lowest BCUT2D eigenvalue weighted by molar-refractivity contribution is 0.103. The summed E-state index contributed by atoms with van der Waals surface area (Å²) >= 11 is 1.54. The van der Waals surface area contributed by atoms with Gasteiger partial charge in [-0.3, -0.25) is 4.79 Å². The topological polar surface area (TPSA) is 46.9 Å². The number of nitrogens with zero attached hydrogens (tertiary/aromatic N) is 2. The molecular formula is C17H17N3OS. The van der Waals surface area contributed by atoms with Crippen LogP contribution in [0.15, 0.2) is 49.1 Å². The van der Waals surface area contributed by atoms with Crippen molar-refractivity contribution in [2.45, 2.75) is 20.3 Å². The second kappa shape index (κ2) is 6.15. The zero-order valence-corrected chi connectivity index (χ0v) is 13.4. The van der Waals surface area contributed by atoms with E-state index in [9.17, 15) is 4.79 Å². The number of benzene rings is 1. The lowest BCUT2D eigenvalue weighted by Gasteiger charge is -2.06. The first-order chi connectivity index (χ1) is 10.7. The van der Waals surface area contributed by atoms with Crippen molar-refractivity contribution < 1.29 is 4.79 Å². The molecule has 0 radical (unpaired) electrons. The van der Waals surface area contributed by atoms with Gasteiger partial charge in [0, 0.05) is 28.6 Å². The number of rotatable bonds is 4. The highest BCUT2D eigenvalue weighted by atomic mass is 32.1. The second-order valence-electron chi connectivity index (χ2n) is 5.02. The predicted octanol–water partition coefficient (Wildman–Crippen LogP) is 4.06. The Bertz CT molecular complexity index is 773. The summed E-state index contributed by atoms with van der Waals surface area (Å²) in [6.07, 6.45) is 6.32. The summed E-state index contributed by atoms with van der Waals surface area (Å²) in [6, 6.07) is 9.68. The molecule has 0 spiro atoms. The van der Waals surface area contributed by atoms with Crippen molar-refractivity contribution in [1.82, 2.24) is 9.55 Å². The highest BCUT2D eigenvalue weighted by Crippen LogP contribution is 2.23. The molecule has 1 N–H and O–H groups in total. The van der Waals surface area contributed by atoms with E-state index in [-0.39, 0.29) is 5.91 Å². The number of hydrogen-bond acceptors (Lipinski definition) is 3. The van der Waals surface area contributed by atoms with Crippen molar-refractivity contribution in [3.8, 4) is 5.69 Å². The fraction of sp³-hybridized carbons (Fsp3) is 0.176. The normalized spacial score (nSPS) is 10.6. The predicted molar refractivity (Wildman–Crippen MR) is 90.0 cm³/mol. The molecule has 0 fully saturated rings. The number of hydrogen-bond donors (Lipinski definition) is 1. The third-order valence-electron chi connectivity index (χ3n) is 3.55. The van der Waals surface area contributed by atoms with E-state index in [0.717, 1.165) is 22.7 Å². The van der Waals surface area contributed by atoms with Crippen LogP contribution in [0.25, 0.3) is 5.69 Å². The number of carbonyl (C=O) groups excluding carboxylic acids is 1. The molecule has 5 heteroatoms. The van der Waals surface area contributed by atoms with Crippen molar-refractivity contribution in [3.05, 3.63) is 64.4 Å². The van der Waals surface area contributed by atoms with E-state index < -0.39 is 0 Å². The van der Waals surface area contributed by atoms with Crippen LogP contribution >= 0.6 is 11.3 Å². The maximum absolute atomic E-state index is 12.3. The maximum Gasteiger partial charge on any atom is 0.265 e. The highest BCUT2D eigenvalue weighted by molar-refractivity contribution is 7.14. The summed E-state index contributed by atoms with van der Waals surface area (Å²) in [5, 5.41) is 2.94. The van der Waals surface area contributed by atoms with Crippen molar-refractivity contribution in [2.75, 3.05) is 5.32 Å². The molecule has 1 aromatic carbocycles.